The summed E-state index contributed by atoms with van der Waals surface area (Å²) in [6, 6.07) is 5.82. The summed E-state index contributed by atoms with van der Waals surface area (Å²) in [5, 5.41) is 4.64. The Bertz CT molecular complexity index is 1410. The van der Waals surface area contributed by atoms with E-state index in [1.165, 1.54) is 24.2 Å². The molecule has 7 nitrogen and oxygen atoms in total. The highest BCUT2D eigenvalue weighted by atomic mass is 32.1. The normalized spacial score (nSPS) is 15.8. The number of fused-ring (bicyclic) bond motifs is 3. The molecule has 2 aliphatic rings. The molecule has 4 aromatic rings. The second-order valence-corrected chi connectivity index (χ2v) is 10.2. The van der Waals surface area contributed by atoms with Crippen LogP contribution in [0.15, 0.2) is 23.0 Å². The van der Waals surface area contributed by atoms with Crippen LogP contribution in [0.2, 0.25) is 0 Å². The van der Waals surface area contributed by atoms with Crippen LogP contribution in [0.25, 0.3) is 20.4 Å². The summed E-state index contributed by atoms with van der Waals surface area (Å²) >= 11 is 2.97. The first-order valence-corrected chi connectivity index (χ1v) is 12.2. The van der Waals surface area contributed by atoms with Crippen molar-refractivity contribution < 1.29 is 4.79 Å². The number of hydrogen-bond donors (Lipinski definition) is 1. The lowest BCUT2D eigenvalue weighted by atomic mass is 10.2. The maximum Gasteiger partial charge on any atom is 0.266 e. The van der Waals surface area contributed by atoms with Gasteiger partial charge in [-0.15, -0.1) is 11.3 Å². The molecular formula is C22H21N5O2S2. The first-order chi connectivity index (χ1) is 15.1. The topological polar surface area (TPSA) is 80.1 Å². The molecule has 1 aromatic carbocycles. The Morgan fingerprint density at radius 3 is 2.77 bits per heavy atom. The minimum Gasteiger partial charge on any atom is -0.348 e. The number of aryl methyl sites for hydroxylation is 2. The van der Waals surface area contributed by atoms with E-state index in [0.29, 0.717) is 27.2 Å². The number of aromatic nitrogens is 3. The fraction of sp³-hybridized carbons (Fsp3) is 0.364. The standard InChI is InChI=1S/C22H21N5O2S2/c1-12-17-20(25-16-5-4-10-27(16)21(17)29)31-18(12)19(28)23-13-6-7-14-15(11-13)30-22(24-14)26-8-2-3-9-26/h6-7,11H,2-5,8-10H2,1H3,(H,23,28). The molecule has 0 spiro atoms. The predicted octanol–water partition coefficient (Wildman–Crippen LogP) is 4.17. The van der Waals surface area contributed by atoms with Gasteiger partial charge < -0.3 is 10.2 Å². The molecule has 1 saturated heterocycles. The molecule has 6 rings (SSSR count). The molecular weight excluding hydrogens is 430 g/mol. The highest BCUT2D eigenvalue weighted by Gasteiger charge is 2.23. The summed E-state index contributed by atoms with van der Waals surface area (Å²) in [5.41, 5.74) is 2.38. The number of carbonyl (C=O) groups is 1. The molecule has 0 unspecified atom stereocenters. The quantitative estimate of drug-likeness (QED) is 0.506. The number of rotatable bonds is 3. The Kier molecular flexibility index (Phi) is 4.36. The fourth-order valence-electron chi connectivity index (χ4n) is 4.51. The van der Waals surface area contributed by atoms with Gasteiger partial charge >= 0.3 is 0 Å². The van der Waals surface area contributed by atoms with Gasteiger partial charge in [-0.3, -0.25) is 14.2 Å². The van der Waals surface area contributed by atoms with Crippen LogP contribution in [0, 0.1) is 6.92 Å². The molecule has 158 valence electrons. The van der Waals surface area contributed by atoms with Gasteiger partial charge in [-0.25, -0.2) is 9.97 Å². The molecule has 1 amide bonds. The minimum atomic E-state index is -0.200. The van der Waals surface area contributed by atoms with E-state index in [1.807, 2.05) is 25.1 Å². The van der Waals surface area contributed by atoms with Crippen LogP contribution in [0.1, 0.15) is 40.3 Å². The van der Waals surface area contributed by atoms with Crippen LogP contribution in [-0.2, 0) is 13.0 Å². The third-order valence-corrected chi connectivity index (χ3v) is 8.39. The van der Waals surface area contributed by atoms with Gasteiger partial charge in [0.1, 0.15) is 10.7 Å². The highest BCUT2D eigenvalue weighted by Crippen LogP contribution is 2.33. The number of hydrogen-bond acceptors (Lipinski definition) is 7. The number of nitrogens with zero attached hydrogens (tertiary/aromatic N) is 4. The Hall–Kier alpha value is -2.78. The van der Waals surface area contributed by atoms with Crippen molar-refractivity contribution in [3.8, 4) is 0 Å². The third kappa shape index (κ3) is 3.06. The van der Waals surface area contributed by atoms with Crippen molar-refractivity contribution in [1.29, 1.82) is 0 Å². The number of carbonyl (C=O) groups excluding carboxylic acids is 1. The summed E-state index contributed by atoms with van der Waals surface area (Å²) < 4.78 is 2.81. The Balaban J connectivity index is 1.32. The zero-order valence-corrected chi connectivity index (χ0v) is 18.7. The average Bonchev–Trinajstić information content (AvgIpc) is 3.53. The van der Waals surface area contributed by atoms with Crippen molar-refractivity contribution in [2.24, 2.45) is 0 Å². The van der Waals surface area contributed by atoms with E-state index >= 15 is 0 Å². The van der Waals surface area contributed by atoms with Crippen LogP contribution in [-0.4, -0.2) is 33.5 Å². The second kappa shape index (κ2) is 7.13. The number of thiazole rings is 1. The summed E-state index contributed by atoms with van der Waals surface area (Å²) in [6.45, 7) is 4.67. The number of benzene rings is 1. The number of amides is 1. The molecule has 2 aliphatic heterocycles. The smallest absolute Gasteiger partial charge is 0.266 e. The minimum absolute atomic E-state index is 0.0224. The second-order valence-electron chi connectivity index (χ2n) is 8.15. The van der Waals surface area contributed by atoms with E-state index in [4.69, 9.17) is 4.98 Å². The predicted molar refractivity (Wildman–Crippen MR) is 126 cm³/mol. The van der Waals surface area contributed by atoms with Crippen LogP contribution in [0.4, 0.5) is 10.8 Å². The van der Waals surface area contributed by atoms with Crippen molar-refractivity contribution in [3.63, 3.8) is 0 Å². The van der Waals surface area contributed by atoms with E-state index < -0.39 is 0 Å². The lowest BCUT2D eigenvalue weighted by molar-refractivity contribution is 0.103. The Morgan fingerprint density at radius 2 is 1.94 bits per heavy atom. The molecule has 9 heteroatoms. The summed E-state index contributed by atoms with van der Waals surface area (Å²) in [4.78, 5) is 38.9. The van der Waals surface area contributed by atoms with Crippen LogP contribution in [0.3, 0.4) is 0 Å². The fourth-order valence-corrected chi connectivity index (χ4v) is 6.66. The van der Waals surface area contributed by atoms with Gasteiger partial charge in [-0.2, -0.15) is 0 Å². The maximum atomic E-state index is 13.1. The van der Waals surface area contributed by atoms with Crippen LogP contribution >= 0.6 is 22.7 Å². The maximum absolute atomic E-state index is 13.1. The molecule has 31 heavy (non-hydrogen) atoms. The highest BCUT2D eigenvalue weighted by molar-refractivity contribution is 7.22. The van der Waals surface area contributed by atoms with Gasteiger partial charge in [-0.1, -0.05) is 11.3 Å². The molecule has 0 radical (unpaired) electrons. The zero-order chi connectivity index (χ0) is 21.1. The van der Waals surface area contributed by atoms with Gasteiger partial charge in [0.25, 0.3) is 11.5 Å². The summed E-state index contributed by atoms with van der Waals surface area (Å²) in [6.07, 6.45) is 4.20. The SMILES string of the molecule is Cc1c(C(=O)Nc2ccc3nc(N4CCCC4)sc3c2)sc2nc3n(c(=O)c12)CCC3. The Labute approximate surface area is 186 Å². The number of nitrogens with one attached hydrogen (secondary N) is 1. The summed E-state index contributed by atoms with van der Waals surface area (Å²) in [7, 11) is 0. The summed E-state index contributed by atoms with van der Waals surface area (Å²) in [5.74, 6) is 0.629. The first kappa shape index (κ1) is 18.9. The van der Waals surface area contributed by atoms with E-state index in [-0.39, 0.29) is 11.5 Å². The van der Waals surface area contributed by atoms with E-state index in [1.54, 1.807) is 15.9 Å². The molecule has 0 aliphatic carbocycles. The molecule has 1 N–H and O–H groups in total. The van der Waals surface area contributed by atoms with E-state index in [9.17, 15) is 9.59 Å². The molecule has 5 heterocycles. The third-order valence-electron chi connectivity index (χ3n) is 6.13. The zero-order valence-electron chi connectivity index (χ0n) is 17.1. The molecule has 0 saturated carbocycles. The lowest BCUT2D eigenvalue weighted by Crippen LogP contribution is -2.20. The van der Waals surface area contributed by atoms with E-state index in [0.717, 1.165) is 52.8 Å². The van der Waals surface area contributed by atoms with Crippen LogP contribution in [0.5, 0.6) is 0 Å². The van der Waals surface area contributed by atoms with Gasteiger partial charge in [0.05, 0.1) is 20.5 Å². The van der Waals surface area contributed by atoms with Crippen LogP contribution < -0.4 is 15.8 Å². The monoisotopic (exact) mass is 451 g/mol. The molecule has 0 atom stereocenters. The van der Waals surface area contributed by atoms with Gasteiger partial charge in [-0.05, 0) is 49.9 Å². The van der Waals surface area contributed by atoms with Crippen molar-refractivity contribution in [1.82, 2.24) is 14.5 Å². The van der Waals surface area contributed by atoms with Gasteiger partial charge in [0.2, 0.25) is 0 Å². The van der Waals surface area contributed by atoms with Crippen molar-refractivity contribution in [2.45, 2.75) is 39.2 Å². The van der Waals surface area contributed by atoms with Crippen molar-refractivity contribution >= 4 is 59.8 Å². The first-order valence-electron chi connectivity index (χ1n) is 10.6. The van der Waals surface area contributed by atoms with Crippen molar-refractivity contribution in [3.05, 3.63) is 44.8 Å². The lowest BCUT2D eigenvalue weighted by Gasteiger charge is -2.11. The van der Waals surface area contributed by atoms with E-state index in [2.05, 4.69) is 15.2 Å². The Morgan fingerprint density at radius 1 is 1.10 bits per heavy atom. The molecule has 1 fully saturated rings. The van der Waals surface area contributed by atoms with Gasteiger partial charge in [0, 0.05) is 31.7 Å². The largest absolute Gasteiger partial charge is 0.348 e. The van der Waals surface area contributed by atoms with Gasteiger partial charge in [0.15, 0.2) is 5.13 Å². The number of anilines is 2. The average molecular weight is 452 g/mol. The van der Waals surface area contributed by atoms with Crippen molar-refractivity contribution in [2.75, 3.05) is 23.3 Å². The molecule has 3 aromatic heterocycles. The number of thiophene rings is 1. The molecule has 0 bridgehead atoms.